The van der Waals surface area contributed by atoms with Gasteiger partial charge in [-0.1, -0.05) is 29.0 Å². The summed E-state index contributed by atoms with van der Waals surface area (Å²) in [6.45, 7) is -1.85. The highest BCUT2D eigenvalue weighted by molar-refractivity contribution is 8.55. The molecule has 0 spiro atoms. The lowest BCUT2D eigenvalue weighted by molar-refractivity contribution is -0.135. The van der Waals surface area contributed by atoms with Crippen molar-refractivity contribution >= 4 is 41.6 Å². The molecule has 1 N–H and O–H groups in total. The number of esters is 1. The number of carbonyl (C=O) groups is 2. The van der Waals surface area contributed by atoms with Gasteiger partial charge in [0.25, 0.3) is 6.43 Å². The van der Waals surface area contributed by atoms with E-state index in [1.54, 1.807) is 18.4 Å². The summed E-state index contributed by atoms with van der Waals surface area (Å²) in [5.41, 5.74) is 1.17. The van der Waals surface area contributed by atoms with Gasteiger partial charge in [0.1, 0.15) is 11.8 Å². The molecule has 162 valence electrons. The van der Waals surface area contributed by atoms with E-state index in [1.807, 2.05) is 0 Å². The molecule has 8 nitrogen and oxygen atoms in total. The second-order valence-electron chi connectivity index (χ2n) is 5.53. The van der Waals surface area contributed by atoms with E-state index in [0.29, 0.717) is 10.9 Å². The summed E-state index contributed by atoms with van der Waals surface area (Å²) in [6.07, 6.45) is 1.85. The minimum Gasteiger partial charge on any atom is -0.456 e. The predicted molar refractivity (Wildman–Crippen MR) is 107 cm³/mol. The van der Waals surface area contributed by atoms with Crippen molar-refractivity contribution in [2.75, 3.05) is 26.5 Å². The van der Waals surface area contributed by atoms with Gasteiger partial charge >= 0.3 is 12.7 Å². The molecule has 2 heterocycles. The molecule has 1 aromatic heterocycles. The average molecular weight is 472 g/mol. The highest BCUT2D eigenvalue weighted by Gasteiger charge is 2.22. The zero-order chi connectivity index (χ0) is 22.0. The number of halogens is 3. The van der Waals surface area contributed by atoms with Crippen LogP contribution in [0, 0.1) is 0 Å². The topological polar surface area (TPSA) is 97.8 Å². The van der Waals surface area contributed by atoms with Gasteiger partial charge in [-0.3, -0.25) is 14.4 Å². The molecule has 1 aliphatic heterocycles. The van der Waals surface area contributed by atoms with E-state index in [4.69, 9.17) is 16.3 Å². The second-order valence-corrected chi connectivity index (χ2v) is 10.4. The van der Waals surface area contributed by atoms with Gasteiger partial charge in [0.05, 0.1) is 12.2 Å². The Hall–Kier alpha value is -1.68. The molecular formula is C16H21ClF2N3O5PS. The van der Waals surface area contributed by atoms with Crippen molar-refractivity contribution in [1.82, 2.24) is 15.0 Å². The lowest BCUT2D eigenvalue weighted by atomic mass is 10.2. The van der Waals surface area contributed by atoms with E-state index in [1.165, 1.54) is 31.2 Å². The first-order chi connectivity index (χ1) is 13.6. The number of pyridine rings is 1. The van der Waals surface area contributed by atoms with Gasteiger partial charge in [0.15, 0.2) is 0 Å². The molecule has 0 radical (unpaired) electrons. The largest absolute Gasteiger partial charge is 0.456 e. The second kappa shape index (κ2) is 12.1. The molecule has 0 bridgehead atoms. The summed E-state index contributed by atoms with van der Waals surface area (Å²) in [7, 11) is 1.30. The number of rotatable bonds is 8. The minimum atomic E-state index is -2.92. The minimum absolute atomic E-state index is 0.0204. The number of nitrogens with zero attached hydrogens (tertiary/aromatic N) is 2. The van der Waals surface area contributed by atoms with Gasteiger partial charge in [-0.2, -0.15) is 0 Å². The Balaban J connectivity index is 0.000000359. The quantitative estimate of drug-likeness (QED) is 0.349. The molecule has 1 aliphatic rings. The first-order valence-corrected chi connectivity index (χ1v) is 11.9. The van der Waals surface area contributed by atoms with Crippen LogP contribution in [0.15, 0.2) is 30.1 Å². The number of nitrogens with one attached hydrogen (secondary N) is 1. The third kappa shape index (κ3) is 9.58. The SMILES string of the molecule is COP(=O)(NC(C)=O)SC.O=C1C=C(N(Cc2ccc(Cl)nc2)CC(F)F)CO1. The van der Waals surface area contributed by atoms with E-state index < -0.39 is 25.7 Å². The van der Waals surface area contributed by atoms with Crippen molar-refractivity contribution in [3.8, 4) is 0 Å². The number of alkyl halides is 2. The Kier molecular flexibility index (Phi) is 10.6. The first kappa shape index (κ1) is 25.4. The molecule has 1 aromatic rings. The predicted octanol–water partition coefficient (Wildman–Crippen LogP) is 3.48. The Bertz CT molecular complexity index is 774. The van der Waals surface area contributed by atoms with Crippen molar-refractivity contribution in [3.63, 3.8) is 0 Å². The van der Waals surface area contributed by atoms with Crippen LogP contribution in [0.25, 0.3) is 0 Å². The fourth-order valence-electron chi connectivity index (χ4n) is 2.08. The molecule has 0 saturated heterocycles. The molecule has 13 heteroatoms. The standard InChI is InChI=1S/C12H11ClF2N2O2.C4H10NO3PS/c13-10-2-1-8(4-16-10)5-17(6-11(14)15)9-3-12(18)19-7-9;1-4(6)5-9(7,8-2)10-3/h1-4,11H,5-7H2;1-3H3,(H,5,6,7). The summed E-state index contributed by atoms with van der Waals surface area (Å²) in [6, 6.07) is 3.29. The molecule has 0 fully saturated rings. The van der Waals surface area contributed by atoms with Crippen LogP contribution in [0.5, 0.6) is 0 Å². The molecule has 0 aromatic carbocycles. The van der Waals surface area contributed by atoms with Crippen LogP contribution in [0.4, 0.5) is 8.78 Å². The normalized spacial score (nSPS) is 15.0. The first-order valence-electron chi connectivity index (χ1n) is 8.09. The Morgan fingerprint density at radius 3 is 2.59 bits per heavy atom. The van der Waals surface area contributed by atoms with Crippen molar-refractivity contribution in [1.29, 1.82) is 0 Å². The van der Waals surface area contributed by atoms with Crippen molar-refractivity contribution in [2.45, 2.75) is 19.9 Å². The smallest absolute Gasteiger partial charge is 0.352 e. The van der Waals surface area contributed by atoms with E-state index >= 15 is 0 Å². The number of hydrogen-bond donors (Lipinski definition) is 1. The number of ether oxygens (including phenoxy) is 1. The maximum Gasteiger partial charge on any atom is 0.352 e. The van der Waals surface area contributed by atoms with Crippen molar-refractivity contribution in [3.05, 3.63) is 40.8 Å². The fourth-order valence-corrected chi connectivity index (χ4v) is 4.01. The number of carbonyl (C=O) groups excluding carboxylic acids is 2. The van der Waals surface area contributed by atoms with E-state index in [0.717, 1.165) is 16.9 Å². The van der Waals surface area contributed by atoms with E-state index in [2.05, 4.69) is 14.6 Å². The zero-order valence-electron chi connectivity index (χ0n) is 15.9. The molecular weight excluding hydrogens is 451 g/mol. The Labute approximate surface area is 176 Å². The van der Waals surface area contributed by atoms with Crippen LogP contribution >= 0.6 is 29.7 Å². The van der Waals surface area contributed by atoms with Crippen LogP contribution in [-0.4, -0.2) is 54.7 Å². The third-order valence-electron chi connectivity index (χ3n) is 3.35. The number of cyclic esters (lactones) is 1. The number of aromatic nitrogens is 1. The fraction of sp³-hybridized carbons (Fsp3) is 0.438. The van der Waals surface area contributed by atoms with Gasteiger partial charge in [0, 0.05) is 32.9 Å². The number of amides is 1. The maximum atomic E-state index is 12.6. The Morgan fingerprint density at radius 1 is 1.52 bits per heavy atom. The Morgan fingerprint density at radius 2 is 2.21 bits per heavy atom. The van der Waals surface area contributed by atoms with Crippen LogP contribution in [0.1, 0.15) is 12.5 Å². The van der Waals surface area contributed by atoms with Gasteiger partial charge in [-0.15, -0.1) is 0 Å². The highest BCUT2D eigenvalue weighted by Crippen LogP contribution is 2.53. The summed E-state index contributed by atoms with van der Waals surface area (Å²) in [5.74, 6) is -0.858. The van der Waals surface area contributed by atoms with E-state index in [-0.39, 0.29) is 19.1 Å². The van der Waals surface area contributed by atoms with Crippen LogP contribution < -0.4 is 5.09 Å². The lowest BCUT2D eigenvalue weighted by Gasteiger charge is -2.24. The molecule has 29 heavy (non-hydrogen) atoms. The van der Waals surface area contributed by atoms with Crippen molar-refractivity contribution in [2.24, 2.45) is 0 Å². The van der Waals surface area contributed by atoms with Crippen LogP contribution in [-0.2, 0) is 30.0 Å². The molecule has 1 unspecified atom stereocenters. The molecule has 1 amide bonds. The molecule has 0 aliphatic carbocycles. The summed E-state index contributed by atoms with van der Waals surface area (Å²) >= 11 is 6.66. The van der Waals surface area contributed by atoms with Crippen LogP contribution in [0.2, 0.25) is 5.15 Å². The van der Waals surface area contributed by atoms with Crippen LogP contribution in [0.3, 0.4) is 0 Å². The van der Waals surface area contributed by atoms with Gasteiger partial charge in [-0.05, 0) is 17.9 Å². The number of hydrogen-bond acceptors (Lipinski definition) is 8. The highest BCUT2D eigenvalue weighted by atomic mass is 35.5. The summed E-state index contributed by atoms with van der Waals surface area (Å²) in [5, 5.41) is 2.55. The lowest BCUT2D eigenvalue weighted by Crippen LogP contribution is -2.28. The van der Waals surface area contributed by atoms with Gasteiger partial charge in [-0.25, -0.2) is 18.6 Å². The van der Waals surface area contributed by atoms with Crippen molar-refractivity contribution < 1.29 is 32.2 Å². The zero-order valence-corrected chi connectivity index (χ0v) is 18.4. The molecule has 2 rings (SSSR count). The van der Waals surface area contributed by atoms with Gasteiger partial charge < -0.3 is 14.2 Å². The third-order valence-corrected chi connectivity index (χ3v) is 7.29. The molecule has 0 saturated carbocycles. The summed E-state index contributed by atoms with van der Waals surface area (Å²) in [4.78, 5) is 26.7. The monoisotopic (exact) mass is 471 g/mol. The van der Waals surface area contributed by atoms with E-state index in [9.17, 15) is 22.9 Å². The molecule has 1 atom stereocenters. The van der Waals surface area contributed by atoms with Gasteiger partial charge in [0.2, 0.25) is 5.91 Å². The average Bonchev–Trinajstić information content (AvgIpc) is 3.09. The summed E-state index contributed by atoms with van der Waals surface area (Å²) < 4.78 is 45.6. The maximum absolute atomic E-state index is 12.6.